The summed E-state index contributed by atoms with van der Waals surface area (Å²) in [6.07, 6.45) is 4.90. The van der Waals surface area contributed by atoms with E-state index < -0.39 is 11.9 Å². The van der Waals surface area contributed by atoms with Crippen LogP contribution in [-0.4, -0.2) is 109 Å². The molecule has 352 valence electrons. The maximum Gasteiger partial charge on any atom is 0.329 e. The van der Waals surface area contributed by atoms with Crippen LogP contribution >= 0.6 is 11.3 Å². The molecule has 5 heterocycles. The molecule has 6 aromatic rings. The van der Waals surface area contributed by atoms with Crippen LogP contribution in [0.1, 0.15) is 78.2 Å². The van der Waals surface area contributed by atoms with Gasteiger partial charge in [-0.3, -0.25) is 33.6 Å². The van der Waals surface area contributed by atoms with E-state index >= 15 is 0 Å². The summed E-state index contributed by atoms with van der Waals surface area (Å²) in [7, 11) is 1.68. The third-order valence-electron chi connectivity index (χ3n) is 13.0. The van der Waals surface area contributed by atoms with Crippen LogP contribution in [0.25, 0.3) is 43.3 Å². The summed E-state index contributed by atoms with van der Waals surface area (Å²) in [5, 5.41) is 14.1. The van der Waals surface area contributed by atoms with Crippen molar-refractivity contribution in [3.8, 4) is 11.3 Å². The van der Waals surface area contributed by atoms with Gasteiger partial charge in [-0.2, -0.15) is 0 Å². The Kier molecular flexibility index (Phi) is 14.4. The van der Waals surface area contributed by atoms with Gasteiger partial charge < -0.3 is 34.9 Å². The van der Waals surface area contributed by atoms with Crippen LogP contribution in [-0.2, 0) is 46.8 Å². The lowest BCUT2D eigenvalue weighted by atomic mass is 9.81. The lowest BCUT2D eigenvalue weighted by molar-refractivity contribution is -0.135. The van der Waals surface area contributed by atoms with E-state index in [0.717, 1.165) is 79.6 Å². The summed E-state index contributed by atoms with van der Waals surface area (Å²) in [6.45, 7) is 5.46. The number of pyridine rings is 1. The maximum absolute atomic E-state index is 13.0. The number of rotatable bonds is 18. The summed E-state index contributed by atoms with van der Waals surface area (Å²) in [4.78, 5) is 68.4. The monoisotopic (exact) mass is 931 g/mol. The van der Waals surface area contributed by atoms with Crippen molar-refractivity contribution in [3.63, 3.8) is 0 Å². The summed E-state index contributed by atoms with van der Waals surface area (Å²) in [5.41, 5.74) is 7.15. The Bertz CT molecular complexity index is 2860. The van der Waals surface area contributed by atoms with E-state index in [-0.39, 0.29) is 48.5 Å². The highest BCUT2D eigenvalue weighted by atomic mass is 32.1. The van der Waals surface area contributed by atoms with Crippen molar-refractivity contribution in [1.29, 1.82) is 0 Å². The first-order chi connectivity index (χ1) is 32.6. The first-order valence-electron chi connectivity index (χ1n) is 23.3. The van der Waals surface area contributed by atoms with E-state index in [1.807, 2.05) is 31.2 Å². The lowest BCUT2D eigenvalue weighted by Gasteiger charge is -2.29. The Labute approximate surface area is 391 Å². The number of ether oxygens (including phenoxy) is 4. The smallest absolute Gasteiger partial charge is 0.329 e. The topological polar surface area (TPSA) is 193 Å². The van der Waals surface area contributed by atoms with E-state index in [0.29, 0.717) is 77.1 Å². The molecule has 4 amide bonds. The van der Waals surface area contributed by atoms with Gasteiger partial charge in [0.25, 0.3) is 5.91 Å². The molecule has 9 rings (SSSR count). The Morgan fingerprint density at radius 2 is 1.60 bits per heavy atom. The Morgan fingerprint density at radius 1 is 0.836 bits per heavy atom. The lowest BCUT2D eigenvalue weighted by Crippen LogP contribution is -2.44. The molecule has 0 bridgehead atoms. The summed E-state index contributed by atoms with van der Waals surface area (Å²) in [6, 6.07) is 22.1. The molecule has 67 heavy (non-hydrogen) atoms. The number of piperidine rings is 1. The SMILES string of the molecule is C[C@@H]1CNc2c(sc3ccc4nc(-c5cccc(C6CCC(NC(=O)COCCOCCOCCOCCc7ccc8c(c7)n(C)c(=O)n8C7CCC(=O)NC7=O)CC6)c5)ccc4c23)C(=O)N1. The van der Waals surface area contributed by atoms with Gasteiger partial charge >= 0.3 is 5.69 Å². The second kappa shape index (κ2) is 20.9. The minimum Gasteiger partial charge on any atom is -0.381 e. The molecule has 16 nitrogen and oxygen atoms in total. The van der Waals surface area contributed by atoms with Gasteiger partial charge in [0.05, 0.1) is 74.2 Å². The average Bonchev–Trinajstić information content (AvgIpc) is 3.78. The van der Waals surface area contributed by atoms with Gasteiger partial charge in [0, 0.05) is 53.1 Å². The number of carbonyl (C=O) groups is 4. The largest absolute Gasteiger partial charge is 0.381 e. The van der Waals surface area contributed by atoms with Crippen molar-refractivity contribution in [2.45, 2.75) is 75.9 Å². The molecule has 2 atom stereocenters. The number of thiophene rings is 1. The van der Waals surface area contributed by atoms with Crippen LogP contribution < -0.4 is 27.0 Å². The van der Waals surface area contributed by atoms with Crippen LogP contribution in [0.4, 0.5) is 5.69 Å². The molecule has 2 aliphatic heterocycles. The highest BCUT2D eigenvalue weighted by Gasteiger charge is 2.31. The predicted octanol–water partition coefficient (Wildman–Crippen LogP) is 5.74. The molecule has 2 fully saturated rings. The number of aryl methyl sites for hydroxylation is 1. The van der Waals surface area contributed by atoms with Crippen molar-refractivity contribution in [3.05, 3.63) is 93.2 Å². The van der Waals surface area contributed by atoms with Crippen molar-refractivity contribution in [2.24, 2.45) is 7.05 Å². The Morgan fingerprint density at radius 3 is 2.37 bits per heavy atom. The fourth-order valence-corrected chi connectivity index (χ4v) is 10.6. The number of fused-ring (bicyclic) bond motifs is 6. The first-order valence-corrected chi connectivity index (χ1v) is 24.1. The molecule has 0 spiro atoms. The van der Waals surface area contributed by atoms with Gasteiger partial charge in [-0.25, -0.2) is 9.78 Å². The third-order valence-corrected chi connectivity index (χ3v) is 14.2. The van der Waals surface area contributed by atoms with Crippen LogP contribution in [0.15, 0.2) is 71.5 Å². The van der Waals surface area contributed by atoms with Crippen LogP contribution in [0.2, 0.25) is 0 Å². The first kappa shape index (κ1) is 46.1. The second-order valence-electron chi connectivity index (χ2n) is 17.6. The van der Waals surface area contributed by atoms with Crippen molar-refractivity contribution >= 4 is 72.7 Å². The quantitative estimate of drug-likeness (QED) is 0.0607. The van der Waals surface area contributed by atoms with Crippen molar-refractivity contribution in [2.75, 3.05) is 64.7 Å². The van der Waals surface area contributed by atoms with E-state index in [4.69, 9.17) is 23.9 Å². The standard InChI is InChI=1S/C50H57N7O9S/c1-30-28-51-46-45-36-11-12-37(54-38(36)13-16-42(45)67-47(46)49(61)52-30)34-5-3-4-33(27-34)32-7-9-35(10-8-32)53-44(59)29-66-25-24-65-23-22-64-21-20-63-19-18-31-6-14-39-41(26-31)56(2)50(62)57(39)40-15-17-43(58)55-48(40)60/h3-6,11-14,16,26-27,30,32,35,40,51H,7-10,15,17-25,28-29H2,1-2H3,(H,52,61)(H,53,59)(H,55,58,60)/t30-,32?,35?,40?/m1/s1. The number of nitrogens with zero attached hydrogens (tertiary/aromatic N) is 3. The Hall–Kier alpha value is -5.98. The van der Waals surface area contributed by atoms with Crippen LogP contribution in [0.5, 0.6) is 0 Å². The molecule has 17 heteroatoms. The fourth-order valence-electron chi connectivity index (χ4n) is 9.49. The average molecular weight is 932 g/mol. The number of aromatic nitrogens is 3. The van der Waals surface area contributed by atoms with E-state index in [1.54, 1.807) is 7.05 Å². The zero-order chi connectivity index (χ0) is 46.4. The molecule has 3 aromatic carbocycles. The van der Waals surface area contributed by atoms with Crippen LogP contribution in [0, 0.1) is 0 Å². The van der Waals surface area contributed by atoms with Gasteiger partial charge in [-0.1, -0.05) is 24.3 Å². The number of amides is 4. The molecular formula is C50H57N7O9S. The molecule has 1 unspecified atom stereocenters. The number of hydrogen-bond donors (Lipinski definition) is 4. The summed E-state index contributed by atoms with van der Waals surface area (Å²) >= 11 is 1.52. The molecule has 1 saturated heterocycles. The third kappa shape index (κ3) is 10.5. The minimum absolute atomic E-state index is 0.00945. The number of carbonyl (C=O) groups excluding carboxylic acids is 4. The zero-order valence-corrected chi connectivity index (χ0v) is 38.7. The van der Waals surface area contributed by atoms with E-state index in [1.165, 1.54) is 26.0 Å². The van der Waals surface area contributed by atoms with Gasteiger partial charge in [0.1, 0.15) is 17.5 Å². The summed E-state index contributed by atoms with van der Waals surface area (Å²) < 4.78 is 26.6. The van der Waals surface area contributed by atoms with E-state index in [9.17, 15) is 24.0 Å². The molecular weight excluding hydrogens is 875 g/mol. The number of anilines is 1. The fraction of sp³-hybridized carbons (Fsp3) is 0.440. The van der Waals surface area contributed by atoms with Crippen molar-refractivity contribution in [1.82, 2.24) is 30.1 Å². The number of imide groups is 1. The summed E-state index contributed by atoms with van der Waals surface area (Å²) in [5.74, 6) is -0.515. The second-order valence-corrected chi connectivity index (χ2v) is 18.7. The van der Waals surface area contributed by atoms with E-state index in [2.05, 4.69) is 63.7 Å². The number of nitrogens with one attached hydrogen (secondary N) is 4. The maximum atomic E-state index is 13.0. The molecule has 3 aliphatic rings. The molecule has 0 radical (unpaired) electrons. The Balaban J connectivity index is 0.628. The van der Waals surface area contributed by atoms with Gasteiger partial charge in [-0.15, -0.1) is 11.3 Å². The number of hydrogen-bond acceptors (Lipinski definition) is 12. The van der Waals surface area contributed by atoms with Gasteiger partial charge in [0.2, 0.25) is 17.7 Å². The highest BCUT2D eigenvalue weighted by Crippen LogP contribution is 2.42. The molecule has 1 saturated carbocycles. The normalized spacial score (nSPS) is 19.8. The highest BCUT2D eigenvalue weighted by molar-refractivity contribution is 7.21. The minimum atomic E-state index is -0.712. The molecule has 3 aromatic heterocycles. The predicted molar refractivity (Wildman–Crippen MR) is 257 cm³/mol. The number of benzene rings is 3. The van der Waals surface area contributed by atoms with Gasteiger partial charge in [0.15, 0.2) is 0 Å². The molecule has 4 N–H and O–H groups in total. The van der Waals surface area contributed by atoms with Crippen molar-refractivity contribution < 1.29 is 38.1 Å². The van der Waals surface area contributed by atoms with Crippen LogP contribution in [0.3, 0.4) is 0 Å². The zero-order valence-electron chi connectivity index (χ0n) is 37.9. The van der Waals surface area contributed by atoms with Gasteiger partial charge in [-0.05, 0) is 105 Å². The number of imidazole rings is 1. The molecule has 1 aliphatic carbocycles.